The Hall–Kier alpha value is -0.810. The summed E-state index contributed by atoms with van der Waals surface area (Å²) in [6.45, 7) is 3.42. The highest BCUT2D eigenvalue weighted by molar-refractivity contribution is 7.80. The second-order valence-electron chi connectivity index (χ2n) is 2.66. The first-order valence-electron chi connectivity index (χ1n) is 3.54. The number of nitrogens with two attached hydrogens (primary N) is 1. The topological polar surface area (TPSA) is 72.0 Å². The smallest absolute Gasteiger partial charge is 0.153 e. The van der Waals surface area contributed by atoms with Crippen LogP contribution in [0.4, 0.5) is 0 Å². The Morgan fingerprint density at radius 3 is 2.58 bits per heavy atom. The lowest BCUT2D eigenvalue weighted by Crippen LogP contribution is -2.10. The van der Waals surface area contributed by atoms with Crippen LogP contribution < -0.4 is 5.73 Å². The van der Waals surface area contributed by atoms with Crippen molar-refractivity contribution in [2.75, 3.05) is 0 Å². The average molecular weight is 185 g/mol. The van der Waals surface area contributed by atoms with Crippen molar-refractivity contribution in [1.82, 2.24) is 10.2 Å². The van der Waals surface area contributed by atoms with Gasteiger partial charge in [0, 0.05) is 6.04 Å². The summed E-state index contributed by atoms with van der Waals surface area (Å²) in [6.07, 6.45) is 0. The first-order valence-corrected chi connectivity index (χ1v) is 3.99. The van der Waals surface area contributed by atoms with Gasteiger partial charge < -0.3 is 10.8 Å². The molecule has 12 heavy (non-hydrogen) atoms. The van der Waals surface area contributed by atoms with E-state index < -0.39 is 0 Å². The van der Waals surface area contributed by atoms with E-state index in [-0.39, 0.29) is 11.8 Å². The minimum Gasteiger partial charge on any atom is -0.505 e. The van der Waals surface area contributed by atoms with Gasteiger partial charge in [0.05, 0.1) is 10.6 Å². The highest BCUT2D eigenvalue weighted by Gasteiger charge is 2.12. The van der Waals surface area contributed by atoms with E-state index in [1.54, 1.807) is 13.8 Å². The molecule has 4 nitrogen and oxygen atoms in total. The summed E-state index contributed by atoms with van der Waals surface area (Å²) in [7, 11) is 0. The molecule has 66 valence electrons. The number of rotatable bonds is 1. The molecule has 0 saturated carbocycles. The number of aromatic nitrogens is 2. The Bertz CT molecular complexity index is 301. The zero-order valence-electron chi connectivity index (χ0n) is 6.94. The van der Waals surface area contributed by atoms with E-state index >= 15 is 0 Å². The predicted octanol–water partition coefficient (Wildman–Crippen LogP) is 0.799. The molecule has 1 rings (SSSR count). The van der Waals surface area contributed by atoms with Crippen molar-refractivity contribution in [1.29, 1.82) is 0 Å². The summed E-state index contributed by atoms with van der Waals surface area (Å²) in [5, 5.41) is 17.0. The Kier molecular flexibility index (Phi) is 2.54. The van der Waals surface area contributed by atoms with Gasteiger partial charge in [-0.3, -0.25) is 0 Å². The molecule has 5 heteroatoms. The maximum absolute atomic E-state index is 9.40. The first-order chi connectivity index (χ1) is 5.54. The molecular formula is C7H11N3OS. The fourth-order valence-corrected chi connectivity index (χ4v) is 1.23. The summed E-state index contributed by atoms with van der Waals surface area (Å²) in [6, 6.07) is -0.267. The highest BCUT2D eigenvalue weighted by atomic mass is 32.1. The number of aryl methyl sites for hydroxylation is 1. The molecule has 0 saturated heterocycles. The summed E-state index contributed by atoms with van der Waals surface area (Å²) in [4.78, 5) is 0.414. The summed E-state index contributed by atoms with van der Waals surface area (Å²) in [5.41, 5.74) is 6.55. The second-order valence-corrected chi connectivity index (χ2v) is 3.10. The SMILES string of the molecule is Cc1nnc([C@@H](C)N)c(S)c1O. The zero-order chi connectivity index (χ0) is 9.30. The van der Waals surface area contributed by atoms with Gasteiger partial charge in [-0.1, -0.05) is 0 Å². The number of thiol groups is 1. The molecule has 1 aromatic heterocycles. The molecule has 0 unspecified atom stereocenters. The van der Waals surface area contributed by atoms with E-state index in [4.69, 9.17) is 5.73 Å². The van der Waals surface area contributed by atoms with Crippen LogP contribution in [0.25, 0.3) is 0 Å². The van der Waals surface area contributed by atoms with Crippen molar-refractivity contribution in [3.63, 3.8) is 0 Å². The minimum atomic E-state index is -0.267. The van der Waals surface area contributed by atoms with Crippen LogP contribution in [0.5, 0.6) is 5.75 Å². The van der Waals surface area contributed by atoms with Crippen molar-refractivity contribution in [2.45, 2.75) is 24.8 Å². The largest absolute Gasteiger partial charge is 0.505 e. The van der Waals surface area contributed by atoms with E-state index in [1.807, 2.05) is 0 Å². The second kappa shape index (κ2) is 3.28. The monoisotopic (exact) mass is 185 g/mol. The molecule has 0 fully saturated rings. The number of aromatic hydroxyl groups is 1. The zero-order valence-corrected chi connectivity index (χ0v) is 7.84. The van der Waals surface area contributed by atoms with E-state index in [2.05, 4.69) is 22.8 Å². The Labute approximate surface area is 76.2 Å². The van der Waals surface area contributed by atoms with Crippen LogP contribution in [0.2, 0.25) is 0 Å². The van der Waals surface area contributed by atoms with Crippen molar-refractivity contribution >= 4 is 12.6 Å². The molecule has 3 N–H and O–H groups in total. The van der Waals surface area contributed by atoms with Gasteiger partial charge in [-0.25, -0.2) is 0 Å². The predicted molar refractivity (Wildman–Crippen MR) is 48.3 cm³/mol. The average Bonchev–Trinajstić information content (AvgIpc) is 2.00. The van der Waals surface area contributed by atoms with Crippen LogP contribution in [0, 0.1) is 6.92 Å². The lowest BCUT2D eigenvalue weighted by atomic mass is 10.2. The fourth-order valence-electron chi connectivity index (χ4n) is 0.823. The van der Waals surface area contributed by atoms with E-state index in [1.165, 1.54) is 0 Å². The van der Waals surface area contributed by atoms with Gasteiger partial charge in [0.1, 0.15) is 5.69 Å². The third-order valence-electron chi connectivity index (χ3n) is 1.55. The molecule has 0 radical (unpaired) electrons. The first kappa shape index (κ1) is 9.28. The van der Waals surface area contributed by atoms with Crippen LogP contribution in [-0.4, -0.2) is 15.3 Å². The third-order valence-corrected chi connectivity index (χ3v) is 1.99. The molecule has 1 aromatic rings. The summed E-state index contributed by atoms with van der Waals surface area (Å²) >= 11 is 4.09. The fraction of sp³-hybridized carbons (Fsp3) is 0.429. The van der Waals surface area contributed by atoms with Crippen LogP contribution in [-0.2, 0) is 0 Å². The van der Waals surface area contributed by atoms with Gasteiger partial charge in [-0.15, -0.1) is 12.6 Å². The van der Waals surface area contributed by atoms with Gasteiger partial charge in [-0.2, -0.15) is 10.2 Å². The molecule has 0 aliphatic heterocycles. The lowest BCUT2D eigenvalue weighted by Gasteiger charge is -2.08. The van der Waals surface area contributed by atoms with E-state index in [9.17, 15) is 5.11 Å². The molecule has 0 aliphatic carbocycles. The van der Waals surface area contributed by atoms with Crippen molar-refractivity contribution in [3.8, 4) is 5.75 Å². The number of nitrogens with zero attached hydrogens (tertiary/aromatic N) is 2. The van der Waals surface area contributed by atoms with E-state index in [0.29, 0.717) is 16.3 Å². The van der Waals surface area contributed by atoms with Crippen LogP contribution in [0.1, 0.15) is 24.4 Å². The molecule has 0 bridgehead atoms. The number of hydrogen-bond acceptors (Lipinski definition) is 5. The van der Waals surface area contributed by atoms with E-state index in [0.717, 1.165) is 0 Å². The van der Waals surface area contributed by atoms with Crippen molar-refractivity contribution < 1.29 is 5.11 Å². The molecule has 1 heterocycles. The van der Waals surface area contributed by atoms with Crippen LogP contribution >= 0.6 is 12.6 Å². The van der Waals surface area contributed by atoms with Gasteiger partial charge in [0.25, 0.3) is 0 Å². The normalized spacial score (nSPS) is 13.0. The molecule has 0 aromatic carbocycles. The summed E-state index contributed by atoms with van der Waals surface area (Å²) < 4.78 is 0. The van der Waals surface area contributed by atoms with Crippen molar-refractivity contribution in [3.05, 3.63) is 11.4 Å². The minimum absolute atomic E-state index is 0.0561. The Morgan fingerprint density at radius 1 is 1.50 bits per heavy atom. The van der Waals surface area contributed by atoms with Gasteiger partial charge in [-0.05, 0) is 13.8 Å². The number of hydrogen-bond donors (Lipinski definition) is 3. The standard InChI is InChI=1S/C7H11N3OS/c1-3(8)5-7(12)6(11)4(2)9-10-5/h3H,8H2,1-2H3,(H,9,12)(H,10,11)/t3-/m1/s1. The molecule has 0 amide bonds. The van der Waals surface area contributed by atoms with Gasteiger partial charge in [0.15, 0.2) is 5.75 Å². The quantitative estimate of drug-likeness (QED) is 0.566. The van der Waals surface area contributed by atoms with Crippen molar-refractivity contribution in [2.24, 2.45) is 5.73 Å². The molecule has 1 atom stereocenters. The lowest BCUT2D eigenvalue weighted by molar-refractivity contribution is 0.446. The molecular weight excluding hydrogens is 174 g/mol. The third kappa shape index (κ3) is 1.51. The van der Waals surface area contributed by atoms with Gasteiger partial charge >= 0.3 is 0 Å². The maximum Gasteiger partial charge on any atom is 0.153 e. The Balaban J connectivity index is 3.27. The summed E-state index contributed by atoms with van der Waals surface area (Å²) in [5.74, 6) is 0.0561. The van der Waals surface area contributed by atoms with Crippen LogP contribution in [0.15, 0.2) is 4.90 Å². The van der Waals surface area contributed by atoms with Gasteiger partial charge in [0.2, 0.25) is 0 Å². The molecule has 0 aliphatic rings. The molecule has 0 spiro atoms. The van der Waals surface area contributed by atoms with Crippen LogP contribution in [0.3, 0.4) is 0 Å². The Morgan fingerprint density at radius 2 is 2.08 bits per heavy atom. The highest BCUT2D eigenvalue weighted by Crippen LogP contribution is 2.27. The maximum atomic E-state index is 9.40.